The first-order valence-corrected chi connectivity index (χ1v) is 7.80. The molecule has 2 aromatic carbocycles. The van der Waals surface area contributed by atoms with Crippen LogP contribution in [0.4, 0.5) is 0 Å². The first-order chi connectivity index (χ1) is 12.9. The molecule has 0 aliphatic rings. The Labute approximate surface area is 152 Å². The number of hydrogen-bond donors (Lipinski definition) is 2. The van der Waals surface area contributed by atoms with Gasteiger partial charge in [-0.05, 0) is 23.3 Å². The molecule has 0 aliphatic heterocycles. The molecule has 8 nitrogen and oxygen atoms in total. The second-order valence-electron chi connectivity index (χ2n) is 5.61. The summed E-state index contributed by atoms with van der Waals surface area (Å²) < 4.78 is 4.54. The van der Waals surface area contributed by atoms with Crippen molar-refractivity contribution in [2.75, 3.05) is 7.11 Å². The van der Waals surface area contributed by atoms with Crippen molar-refractivity contribution in [1.82, 2.24) is 9.71 Å². The van der Waals surface area contributed by atoms with Gasteiger partial charge in [0.15, 0.2) is 0 Å². The summed E-state index contributed by atoms with van der Waals surface area (Å²) in [5.74, 6) is -0.987. The van der Waals surface area contributed by atoms with Crippen LogP contribution in [0.15, 0.2) is 64.2 Å². The molecular weight excluding hydrogens is 352 g/mol. The fourth-order valence-corrected chi connectivity index (χ4v) is 2.50. The van der Waals surface area contributed by atoms with Crippen molar-refractivity contribution >= 4 is 11.8 Å². The Morgan fingerprint density at radius 1 is 0.926 bits per heavy atom. The molecule has 3 rings (SSSR count). The van der Waals surface area contributed by atoms with Gasteiger partial charge in [0.05, 0.1) is 18.4 Å². The molecule has 8 heteroatoms. The van der Waals surface area contributed by atoms with Crippen LogP contribution in [0.3, 0.4) is 0 Å². The lowest BCUT2D eigenvalue weighted by Crippen LogP contribution is -2.34. The molecule has 2 N–H and O–H groups in total. The molecule has 0 bridgehead atoms. The molecule has 3 aromatic rings. The molecule has 1 heterocycles. The van der Waals surface area contributed by atoms with E-state index < -0.39 is 23.0 Å². The molecule has 0 radical (unpaired) electrons. The molecule has 0 spiro atoms. The standard InChI is InChI=1S/C19H14N2O6/c1-27-18(24)14-8-4-12(5-9-14)11-2-6-13(7-3-11)17(23)15-10-16(22)21(26)19(25)20-15/h2-10,26H,1H3,(H,20,25). The summed E-state index contributed by atoms with van der Waals surface area (Å²) in [6.07, 6.45) is 0. The van der Waals surface area contributed by atoms with Gasteiger partial charge in [-0.15, -0.1) is 0 Å². The van der Waals surface area contributed by atoms with E-state index in [1.54, 1.807) is 48.5 Å². The topological polar surface area (TPSA) is 118 Å². The van der Waals surface area contributed by atoms with Crippen LogP contribution in [0.5, 0.6) is 0 Å². The maximum atomic E-state index is 12.4. The van der Waals surface area contributed by atoms with E-state index in [-0.39, 0.29) is 16.0 Å². The van der Waals surface area contributed by atoms with Crippen LogP contribution in [0, 0.1) is 0 Å². The van der Waals surface area contributed by atoms with E-state index >= 15 is 0 Å². The number of rotatable bonds is 4. The Morgan fingerprint density at radius 2 is 1.44 bits per heavy atom. The molecule has 136 valence electrons. The number of aromatic amines is 1. The Morgan fingerprint density at radius 3 is 1.93 bits per heavy atom. The van der Waals surface area contributed by atoms with E-state index in [0.717, 1.165) is 17.2 Å². The third kappa shape index (κ3) is 3.54. The number of carbonyl (C=O) groups is 2. The SMILES string of the molecule is COC(=O)c1ccc(-c2ccc(C(=O)c3cc(=O)n(O)c(=O)[nH]3)cc2)cc1. The number of nitrogens with zero attached hydrogens (tertiary/aromatic N) is 1. The largest absolute Gasteiger partial charge is 0.465 e. The highest BCUT2D eigenvalue weighted by Gasteiger charge is 2.13. The predicted molar refractivity (Wildman–Crippen MR) is 95.2 cm³/mol. The fourth-order valence-electron chi connectivity index (χ4n) is 2.50. The molecule has 0 unspecified atom stereocenters. The molecule has 1 aromatic heterocycles. The first-order valence-electron chi connectivity index (χ1n) is 7.80. The number of aromatic nitrogens is 2. The van der Waals surface area contributed by atoms with Crippen molar-refractivity contribution in [1.29, 1.82) is 0 Å². The fraction of sp³-hybridized carbons (Fsp3) is 0.0526. The minimum Gasteiger partial charge on any atom is -0.465 e. The molecular formula is C19H14N2O6. The number of esters is 1. The van der Waals surface area contributed by atoms with Crippen LogP contribution >= 0.6 is 0 Å². The number of nitrogens with one attached hydrogen (secondary N) is 1. The van der Waals surface area contributed by atoms with Gasteiger partial charge in [0.1, 0.15) is 0 Å². The molecule has 0 atom stereocenters. The molecule has 0 saturated carbocycles. The van der Waals surface area contributed by atoms with Gasteiger partial charge in [0, 0.05) is 11.6 Å². The van der Waals surface area contributed by atoms with E-state index in [2.05, 4.69) is 9.72 Å². The second-order valence-corrected chi connectivity index (χ2v) is 5.61. The van der Waals surface area contributed by atoms with Crippen molar-refractivity contribution in [3.8, 4) is 11.1 Å². The van der Waals surface area contributed by atoms with Crippen LogP contribution < -0.4 is 11.2 Å². The van der Waals surface area contributed by atoms with E-state index in [1.165, 1.54) is 7.11 Å². The predicted octanol–water partition coefficient (Wildman–Crippen LogP) is 1.46. The van der Waals surface area contributed by atoms with E-state index in [0.29, 0.717) is 5.56 Å². The molecule has 0 saturated heterocycles. The molecule has 0 aliphatic carbocycles. The number of hydrogen-bond acceptors (Lipinski definition) is 6. The zero-order valence-corrected chi connectivity index (χ0v) is 14.1. The zero-order valence-electron chi connectivity index (χ0n) is 14.1. The maximum Gasteiger partial charge on any atom is 0.362 e. The van der Waals surface area contributed by atoms with E-state index in [9.17, 15) is 19.2 Å². The van der Waals surface area contributed by atoms with Crippen LogP contribution in [-0.4, -0.2) is 33.8 Å². The normalized spacial score (nSPS) is 10.4. The van der Waals surface area contributed by atoms with Crippen LogP contribution in [0.25, 0.3) is 11.1 Å². The van der Waals surface area contributed by atoms with Crippen molar-refractivity contribution in [3.63, 3.8) is 0 Å². The van der Waals surface area contributed by atoms with Gasteiger partial charge < -0.3 is 14.9 Å². The maximum absolute atomic E-state index is 12.4. The minimum atomic E-state index is -1.09. The number of H-pyrrole nitrogens is 1. The van der Waals surface area contributed by atoms with Crippen LogP contribution in [0.2, 0.25) is 0 Å². The summed E-state index contributed by atoms with van der Waals surface area (Å²) in [7, 11) is 1.31. The van der Waals surface area contributed by atoms with Gasteiger partial charge in [0.25, 0.3) is 5.56 Å². The quantitative estimate of drug-likeness (QED) is 0.410. The first kappa shape index (κ1) is 17.9. The summed E-state index contributed by atoms with van der Waals surface area (Å²) in [4.78, 5) is 48.9. The van der Waals surface area contributed by atoms with E-state index in [1.807, 2.05) is 0 Å². The van der Waals surface area contributed by atoms with Crippen LogP contribution in [-0.2, 0) is 4.74 Å². The van der Waals surface area contributed by atoms with Gasteiger partial charge in [-0.2, -0.15) is 0 Å². The Bertz CT molecular complexity index is 1090. The Kier molecular flexibility index (Phi) is 4.71. The Balaban J connectivity index is 1.87. The third-order valence-corrected chi connectivity index (χ3v) is 3.94. The van der Waals surface area contributed by atoms with Crippen LogP contribution in [0.1, 0.15) is 26.4 Å². The van der Waals surface area contributed by atoms with E-state index in [4.69, 9.17) is 5.21 Å². The number of ether oxygens (including phenoxy) is 1. The zero-order chi connectivity index (χ0) is 19.6. The summed E-state index contributed by atoms with van der Waals surface area (Å²) >= 11 is 0. The van der Waals surface area contributed by atoms with Crippen molar-refractivity contribution in [2.45, 2.75) is 0 Å². The number of benzene rings is 2. The lowest BCUT2D eigenvalue weighted by Gasteiger charge is -2.06. The van der Waals surface area contributed by atoms with Gasteiger partial charge in [-0.25, -0.2) is 9.59 Å². The summed E-state index contributed by atoms with van der Waals surface area (Å²) in [6.45, 7) is 0. The third-order valence-electron chi connectivity index (χ3n) is 3.94. The Hall–Kier alpha value is -3.94. The minimum absolute atomic E-state index is 0.113. The van der Waals surface area contributed by atoms with Crippen molar-refractivity contribution in [3.05, 3.63) is 92.3 Å². The molecule has 0 fully saturated rings. The summed E-state index contributed by atoms with van der Waals surface area (Å²) in [6, 6.07) is 14.1. The van der Waals surface area contributed by atoms with Gasteiger partial charge in [0.2, 0.25) is 5.78 Å². The van der Waals surface area contributed by atoms with Crippen molar-refractivity contribution < 1.29 is 19.5 Å². The van der Waals surface area contributed by atoms with Gasteiger partial charge >= 0.3 is 11.7 Å². The monoisotopic (exact) mass is 366 g/mol. The molecule has 0 amide bonds. The van der Waals surface area contributed by atoms with Crippen molar-refractivity contribution in [2.24, 2.45) is 0 Å². The highest BCUT2D eigenvalue weighted by molar-refractivity contribution is 6.07. The smallest absolute Gasteiger partial charge is 0.362 e. The van der Waals surface area contributed by atoms with Gasteiger partial charge in [-0.1, -0.05) is 41.1 Å². The lowest BCUT2D eigenvalue weighted by molar-refractivity contribution is 0.0600. The average Bonchev–Trinajstić information content (AvgIpc) is 2.70. The summed E-state index contributed by atoms with van der Waals surface area (Å²) in [5.41, 5.74) is 0.0227. The van der Waals surface area contributed by atoms with Gasteiger partial charge in [-0.3, -0.25) is 9.59 Å². The number of methoxy groups -OCH3 is 1. The highest BCUT2D eigenvalue weighted by atomic mass is 16.5. The molecule has 27 heavy (non-hydrogen) atoms. The average molecular weight is 366 g/mol. The summed E-state index contributed by atoms with van der Waals surface area (Å²) in [5, 5.41) is 9.14. The highest BCUT2D eigenvalue weighted by Crippen LogP contribution is 2.21. The number of carbonyl (C=O) groups excluding carboxylic acids is 2. The number of ketones is 1. The lowest BCUT2D eigenvalue weighted by atomic mass is 10.0. The second kappa shape index (κ2) is 7.12.